The van der Waals surface area contributed by atoms with E-state index in [9.17, 15) is 27.2 Å². The van der Waals surface area contributed by atoms with Crippen LogP contribution in [0.15, 0.2) is 11.1 Å². The monoisotopic (exact) mass is 375 g/mol. The van der Waals surface area contributed by atoms with E-state index in [0.29, 0.717) is 19.3 Å². The smallest absolute Gasteiger partial charge is 0.322 e. The summed E-state index contributed by atoms with van der Waals surface area (Å²) in [6.45, 7) is 1.23. The Balaban J connectivity index is 2.38. The largest absolute Gasteiger partial charge is 0.465 e. The van der Waals surface area contributed by atoms with Gasteiger partial charge in [0.05, 0.1) is 17.7 Å². The molecule has 142 valence electrons. The fourth-order valence-corrected chi connectivity index (χ4v) is 2.42. The summed E-state index contributed by atoms with van der Waals surface area (Å²) < 4.78 is 58.4. The van der Waals surface area contributed by atoms with Crippen molar-refractivity contribution in [1.29, 1.82) is 0 Å². The van der Waals surface area contributed by atoms with Crippen LogP contribution < -0.4 is 0 Å². The van der Waals surface area contributed by atoms with Crippen molar-refractivity contribution >= 4 is 18.0 Å². The van der Waals surface area contributed by atoms with Gasteiger partial charge in [0, 0.05) is 12.8 Å². The van der Waals surface area contributed by atoms with Crippen molar-refractivity contribution in [3.63, 3.8) is 0 Å². The van der Waals surface area contributed by atoms with Gasteiger partial charge in [0.1, 0.15) is 0 Å². The van der Waals surface area contributed by atoms with E-state index in [2.05, 4.69) is 4.99 Å². The summed E-state index contributed by atoms with van der Waals surface area (Å²) in [5.41, 5.74) is -1.73. The van der Waals surface area contributed by atoms with Gasteiger partial charge in [0.25, 0.3) is 0 Å². The summed E-state index contributed by atoms with van der Waals surface area (Å²) in [6, 6.07) is 0.191. The first kappa shape index (κ1) is 20.0. The quantitative estimate of drug-likeness (QED) is 0.144. The number of carbonyl (C=O) groups is 2. The van der Waals surface area contributed by atoms with Crippen LogP contribution in [0.4, 0.5) is 17.6 Å². The van der Waals surface area contributed by atoms with Crippen LogP contribution in [0.3, 0.4) is 0 Å². The number of ether oxygens (including phenoxy) is 1. The van der Waals surface area contributed by atoms with E-state index in [1.807, 2.05) is 0 Å². The summed E-state index contributed by atoms with van der Waals surface area (Å²) >= 11 is 0. The van der Waals surface area contributed by atoms with Gasteiger partial charge < -0.3 is 9.84 Å². The van der Waals surface area contributed by atoms with Crippen LogP contribution in [0, 0.1) is 29.2 Å². The van der Waals surface area contributed by atoms with Crippen molar-refractivity contribution in [2.24, 2.45) is 10.9 Å². The number of aliphatic imine (C=N–C) groups is 1. The number of benzene rings is 1. The molecule has 0 bridgehead atoms. The SMILES string of the molecule is CCOC(=O)C(C=NC1(CCO)CC1)C(=O)c1cc(F)c(F)c(F)c1F. The zero-order chi connectivity index (χ0) is 19.5. The Hall–Kier alpha value is -2.29. The number of Topliss-reactive ketones (excluding diaryl/α,β-unsaturated/α-hetero) is 1. The molecule has 2 rings (SSSR count). The molecule has 0 radical (unpaired) electrons. The van der Waals surface area contributed by atoms with Gasteiger partial charge >= 0.3 is 5.97 Å². The van der Waals surface area contributed by atoms with Crippen LogP contribution in [-0.4, -0.2) is 41.8 Å². The zero-order valence-corrected chi connectivity index (χ0v) is 13.9. The number of aliphatic hydroxyl groups is 1. The van der Waals surface area contributed by atoms with Crippen LogP contribution in [0.25, 0.3) is 0 Å². The number of hydrogen-bond donors (Lipinski definition) is 1. The number of hydrogen-bond acceptors (Lipinski definition) is 5. The standard InChI is InChI=1S/C17H17F4NO4/c1-2-26-16(25)10(8-22-17(3-4-17)5-6-23)15(24)9-7-11(18)13(20)14(21)12(9)19/h7-8,10,23H,2-6H2,1H3. The van der Waals surface area contributed by atoms with E-state index in [4.69, 9.17) is 9.84 Å². The lowest BCUT2D eigenvalue weighted by Gasteiger charge is -2.13. The zero-order valence-electron chi connectivity index (χ0n) is 13.9. The lowest BCUT2D eigenvalue weighted by molar-refractivity contribution is -0.143. The van der Waals surface area contributed by atoms with Gasteiger partial charge in [-0.1, -0.05) is 0 Å². The van der Waals surface area contributed by atoms with Crippen LogP contribution in [0.2, 0.25) is 0 Å². The maximum absolute atomic E-state index is 13.9. The molecular weight excluding hydrogens is 358 g/mol. The second-order valence-electron chi connectivity index (χ2n) is 5.92. The number of ketones is 1. The fraction of sp³-hybridized carbons (Fsp3) is 0.471. The molecule has 26 heavy (non-hydrogen) atoms. The number of nitrogens with zero attached hydrogens (tertiary/aromatic N) is 1. The van der Waals surface area contributed by atoms with Crippen LogP contribution >= 0.6 is 0 Å². The molecular formula is C17H17F4NO4. The highest BCUT2D eigenvalue weighted by atomic mass is 19.2. The second kappa shape index (κ2) is 7.94. The Labute approximate surface area is 146 Å². The van der Waals surface area contributed by atoms with E-state index in [1.54, 1.807) is 0 Å². The van der Waals surface area contributed by atoms with Crippen LogP contribution in [0.5, 0.6) is 0 Å². The highest BCUT2D eigenvalue weighted by Gasteiger charge is 2.42. The van der Waals surface area contributed by atoms with E-state index >= 15 is 0 Å². The molecule has 0 spiro atoms. The molecule has 1 unspecified atom stereocenters. The molecule has 0 amide bonds. The van der Waals surface area contributed by atoms with Gasteiger partial charge in [-0.05, 0) is 32.3 Å². The lowest BCUT2D eigenvalue weighted by atomic mass is 9.97. The molecule has 1 aliphatic rings. The molecule has 1 aromatic carbocycles. The number of rotatable bonds is 8. The summed E-state index contributed by atoms with van der Waals surface area (Å²) in [5, 5.41) is 9.01. The number of carbonyl (C=O) groups excluding carboxylic acids is 2. The molecule has 1 fully saturated rings. The summed E-state index contributed by atoms with van der Waals surface area (Å²) in [6.07, 6.45) is 2.49. The molecule has 1 N–H and O–H groups in total. The second-order valence-corrected chi connectivity index (χ2v) is 5.92. The van der Waals surface area contributed by atoms with Gasteiger partial charge in [0.2, 0.25) is 0 Å². The first-order valence-corrected chi connectivity index (χ1v) is 7.96. The average Bonchev–Trinajstić information content (AvgIpc) is 3.36. The van der Waals surface area contributed by atoms with Gasteiger partial charge in [0.15, 0.2) is 35.0 Å². The first-order chi connectivity index (χ1) is 12.3. The van der Waals surface area contributed by atoms with E-state index in [-0.39, 0.29) is 19.3 Å². The molecule has 1 aliphatic carbocycles. The Bertz CT molecular complexity index is 747. The third-order valence-corrected chi connectivity index (χ3v) is 4.09. The predicted octanol–water partition coefficient (Wildman–Crippen LogP) is 2.59. The van der Waals surface area contributed by atoms with Crippen LogP contribution in [0.1, 0.15) is 36.5 Å². The van der Waals surface area contributed by atoms with E-state index in [0.717, 1.165) is 6.21 Å². The highest BCUT2D eigenvalue weighted by Crippen LogP contribution is 2.42. The molecule has 1 atom stereocenters. The van der Waals surface area contributed by atoms with Crippen molar-refractivity contribution in [1.82, 2.24) is 0 Å². The average molecular weight is 375 g/mol. The summed E-state index contributed by atoms with van der Waals surface area (Å²) in [4.78, 5) is 28.6. The first-order valence-electron chi connectivity index (χ1n) is 7.96. The number of aliphatic hydroxyl groups excluding tert-OH is 1. The van der Waals surface area contributed by atoms with Crippen molar-refractivity contribution < 1.29 is 37.0 Å². The van der Waals surface area contributed by atoms with E-state index in [1.165, 1.54) is 6.92 Å². The molecule has 0 saturated heterocycles. The normalized spacial score (nSPS) is 16.5. The Morgan fingerprint density at radius 1 is 1.27 bits per heavy atom. The summed E-state index contributed by atoms with van der Waals surface area (Å²) in [5.74, 6) is -12.0. The molecule has 0 aromatic heterocycles. The predicted molar refractivity (Wildman–Crippen MR) is 82.9 cm³/mol. The number of halogens is 4. The fourth-order valence-electron chi connectivity index (χ4n) is 2.42. The number of esters is 1. The molecule has 9 heteroatoms. The maximum Gasteiger partial charge on any atom is 0.322 e. The van der Waals surface area contributed by atoms with E-state index < -0.39 is 52.0 Å². The Morgan fingerprint density at radius 2 is 1.92 bits per heavy atom. The third kappa shape index (κ3) is 4.09. The van der Waals surface area contributed by atoms with Gasteiger partial charge in [-0.25, -0.2) is 17.6 Å². The molecule has 1 aromatic rings. The lowest BCUT2D eigenvalue weighted by Crippen LogP contribution is -2.29. The summed E-state index contributed by atoms with van der Waals surface area (Å²) in [7, 11) is 0. The van der Waals surface area contributed by atoms with Crippen molar-refractivity contribution in [2.75, 3.05) is 13.2 Å². The van der Waals surface area contributed by atoms with Gasteiger partial charge in [-0.15, -0.1) is 0 Å². The van der Waals surface area contributed by atoms with Crippen LogP contribution in [-0.2, 0) is 9.53 Å². The molecule has 5 nitrogen and oxygen atoms in total. The maximum atomic E-state index is 13.9. The van der Waals surface area contributed by atoms with Crippen molar-refractivity contribution in [2.45, 2.75) is 31.7 Å². The minimum atomic E-state index is -2.15. The van der Waals surface area contributed by atoms with Crippen molar-refractivity contribution in [3.8, 4) is 0 Å². The Kier molecular flexibility index (Phi) is 6.12. The minimum Gasteiger partial charge on any atom is -0.465 e. The highest BCUT2D eigenvalue weighted by molar-refractivity contribution is 6.18. The topological polar surface area (TPSA) is 76.0 Å². The molecule has 0 heterocycles. The molecule has 1 saturated carbocycles. The Morgan fingerprint density at radius 3 is 2.46 bits per heavy atom. The van der Waals surface area contributed by atoms with Crippen molar-refractivity contribution in [3.05, 3.63) is 34.9 Å². The minimum absolute atomic E-state index is 0.0904. The van der Waals surface area contributed by atoms with Gasteiger partial charge in [-0.3, -0.25) is 14.6 Å². The van der Waals surface area contributed by atoms with Gasteiger partial charge in [-0.2, -0.15) is 0 Å². The third-order valence-electron chi connectivity index (χ3n) is 4.09. The molecule has 0 aliphatic heterocycles.